The van der Waals surface area contributed by atoms with E-state index in [1.807, 2.05) is 51.2 Å². The zero-order chi connectivity index (χ0) is 25.4. The zero-order valence-electron chi connectivity index (χ0n) is 20.5. The Labute approximate surface area is 218 Å². The third-order valence-electron chi connectivity index (χ3n) is 6.20. The molecule has 4 aromatic rings. The molecule has 0 aliphatic carbocycles. The fourth-order valence-electron chi connectivity index (χ4n) is 4.19. The molecule has 0 saturated carbocycles. The average Bonchev–Trinajstić information content (AvgIpc) is 3.55. The maximum atomic E-state index is 11.6. The van der Waals surface area contributed by atoms with Gasteiger partial charge in [0.2, 0.25) is 0 Å². The Kier molecular flexibility index (Phi) is 6.61. The number of carbonyl (C=O) groups is 1. The van der Waals surface area contributed by atoms with E-state index in [-0.39, 0.29) is 11.8 Å². The molecule has 0 N–H and O–H groups in total. The van der Waals surface area contributed by atoms with Gasteiger partial charge in [-0.2, -0.15) is 5.10 Å². The third-order valence-corrected chi connectivity index (χ3v) is 7.64. The predicted octanol–water partition coefficient (Wildman–Crippen LogP) is 5.48. The van der Waals surface area contributed by atoms with Gasteiger partial charge in [0.1, 0.15) is 22.7 Å². The highest BCUT2D eigenvalue weighted by Crippen LogP contribution is 2.38. The second-order valence-corrected chi connectivity index (χ2v) is 10.2. The molecule has 1 aliphatic heterocycles. The van der Waals surface area contributed by atoms with Gasteiger partial charge in [0.25, 0.3) is 0 Å². The predicted molar refractivity (Wildman–Crippen MR) is 142 cm³/mol. The van der Waals surface area contributed by atoms with E-state index >= 15 is 0 Å². The lowest BCUT2D eigenvalue weighted by molar-refractivity contribution is -0.119. The molecule has 0 bridgehead atoms. The van der Waals surface area contributed by atoms with Crippen LogP contribution in [0, 0.1) is 25.7 Å². The van der Waals surface area contributed by atoms with Crippen LogP contribution in [-0.2, 0) is 11.3 Å². The summed E-state index contributed by atoms with van der Waals surface area (Å²) in [4.78, 5) is 17.6. The Hall–Kier alpha value is -3.54. The second-order valence-electron chi connectivity index (χ2n) is 8.72. The first-order valence-corrected chi connectivity index (χ1v) is 13.0. The lowest BCUT2D eigenvalue weighted by Gasteiger charge is -2.09. The topological polar surface area (TPSA) is 78.0 Å². The summed E-state index contributed by atoms with van der Waals surface area (Å²) in [6.45, 7) is 8.52. The van der Waals surface area contributed by atoms with E-state index in [1.54, 1.807) is 22.2 Å². The number of benzene rings is 1. The smallest absolute Gasteiger partial charge is 0.162 e. The number of aromatic nitrogens is 5. The number of hydrogen-bond donors (Lipinski definition) is 0. The van der Waals surface area contributed by atoms with E-state index in [2.05, 4.69) is 38.6 Å². The molecule has 0 saturated heterocycles. The molecule has 5 rings (SSSR count). The van der Waals surface area contributed by atoms with Crippen LogP contribution in [0.15, 0.2) is 41.7 Å². The largest absolute Gasteiger partial charge is 0.300 e. The summed E-state index contributed by atoms with van der Waals surface area (Å²) < 4.78 is 3.87. The van der Waals surface area contributed by atoms with E-state index in [0.717, 1.165) is 49.5 Å². The van der Waals surface area contributed by atoms with Gasteiger partial charge in [0.15, 0.2) is 5.82 Å². The van der Waals surface area contributed by atoms with Crippen LogP contribution in [0.1, 0.15) is 71.5 Å². The van der Waals surface area contributed by atoms with Crippen LogP contribution in [0.2, 0.25) is 5.02 Å². The fraction of sp³-hybridized carbons (Fsp3) is 0.296. The van der Waals surface area contributed by atoms with E-state index < -0.39 is 0 Å². The van der Waals surface area contributed by atoms with Gasteiger partial charge in [-0.25, -0.2) is 0 Å². The van der Waals surface area contributed by atoms with Gasteiger partial charge in [-0.3, -0.25) is 19.0 Å². The molecule has 9 heteroatoms. The standard InChI is InChI=1S/C27H25ClN6OS/c1-5-22(35)12-13-33-15-19(14-29-33)6-11-23-16(2)24-25(20-7-9-21(28)10-8-20)30-17(3)26-32-31-18(4)34(26)27(24)36-23/h7-10,14-15,17H,5,12-13H2,1-4H3/t17-/m0/s1. The van der Waals surface area contributed by atoms with Gasteiger partial charge < -0.3 is 0 Å². The Morgan fingerprint density at radius 3 is 2.69 bits per heavy atom. The molecule has 1 atom stereocenters. The van der Waals surface area contributed by atoms with Gasteiger partial charge in [0, 0.05) is 41.7 Å². The maximum absolute atomic E-state index is 11.6. The molecule has 0 amide bonds. The maximum Gasteiger partial charge on any atom is 0.162 e. The van der Waals surface area contributed by atoms with Crippen molar-refractivity contribution in [2.24, 2.45) is 4.99 Å². The first kappa shape index (κ1) is 24.2. The minimum Gasteiger partial charge on any atom is -0.300 e. The van der Waals surface area contributed by atoms with E-state index in [9.17, 15) is 4.79 Å². The molecule has 0 spiro atoms. The number of thiophene rings is 1. The Balaban J connectivity index is 1.57. The van der Waals surface area contributed by atoms with Crippen LogP contribution < -0.4 is 0 Å². The van der Waals surface area contributed by atoms with Crippen molar-refractivity contribution in [1.29, 1.82) is 0 Å². The highest BCUT2D eigenvalue weighted by Gasteiger charge is 2.29. The van der Waals surface area contributed by atoms with Crippen LogP contribution >= 0.6 is 22.9 Å². The molecule has 0 radical (unpaired) electrons. The van der Waals surface area contributed by atoms with Crippen LogP contribution in [0.3, 0.4) is 0 Å². The van der Waals surface area contributed by atoms with E-state index in [0.29, 0.717) is 24.4 Å². The Bertz CT molecular complexity index is 1550. The zero-order valence-corrected chi connectivity index (χ0v) is 22.1. The fourth-order valence-corrected chi connectivity index (χ4v) is 5.54. The van der Waals surface area contributed by atoms with Crippen molar-refractivity contribution in [2.45, 2.75) is 53.1 Å². The SMILES string of the molecule is CCC(=O)CCn1cc(C#Cc2sc3c(c2C)C(c2ccc(Cl)cc2)=N[C@@H](C)c2nnc(C)n2-3)cn1. The number of rotatable bonds is 5. The second kappa shape index (κ2) is 9.84. The van der Waals surface area contributed by atoms with Crippen LogP contribution in [0.4, 0.5) is 0 Å². The van der Waals surface area contributed by atoms with Crippen molar-refractivity contribution in [3.63, 3.8) is 0 Å². The van der Waals surface area contributed by atoms with Crippen LogP contribution in [0.25, 0.3) is 5.00 Å². The number of fused-ring (bicyclic) bond motifs is 3. The van der Waals surface area contributed by atoms with Crippen LogP contribution in [0.5, 0.6) is 0 Å². The molecule has 1 aliphatic rings. The number of aryl methyl sites for hydroxylation is 2. The first-order chi connectivity index (χ1) is 17.4. The first-order valence-electron chi connectivity index (χ1n) is 11.8. The number of carbonyl (C=O) groups excluding carboxylic acids is 1. The van der Waals surface area contributed by atoms with Gasteiger partial charge in [-0.05, 0) is 38.5 Å². The normalized spacial score (nSPS) is 14.4. The van der Waals surface area contributed by atoms with Crippen molar-refractivity contribution in [3.8, 4) is 16.8 Å². The van der Waals surface area contributed by atoms with Crippen molar-refractivity contribution < 1.29 is 4.79 Å². The van der Waals surface area contributed by atoms with Crippen molar-refractivity contribution in [1.82, 2.24) is 24.5 Å². The van der Waals surface area contributed by atoms with Crippen molar-refractivity contribution in [3.05, 3.63) is 80.5 Å². The summed E-state index contributed by atoms with van der Waals surface area (Å²) in [7, 11) is 0. The molecule has 3 aromatic heterocycles. The Morgan fingerprint density at radius 2 is 1.94 bits per heavy atom. The minimum absolute atomic E-state index is 0.157. The lowest BCUT2D eigenvalue weighted by atomic mass is 9.99. The highest BCUT2D eigenvalue weighted by atomic mass is 35.5. The summed E-state index contributed by atoms with van der Waals surface area (Å²) in [5.74, 6) is 8.44. The summed E-state index contributed by atoms with van der Waals surface area (Å²) in [5.41, 5.74) is 4.80. The van der Waals surface area contributed by atoms with E-state index in [1.165, 1.54) is 0 Å². The molecular weight excluding hydrogens is 492 g/mol. The quantitative estimate of drug-likeness (QED) is 0.329. The van der Waals surface area contributed by atoms with E-state index in [4.69, 9.17) is 16.6 Å². The number of hydrogen-bond acceptors (Lipinski definition) is 6. The highest BCUT2D eigenvalue weighted by molar-refractivity contribution is 7.15. The summed E-state index contributed by atoms with van der Waals surface area (Å²) in [5, 5.41) is 14.8. The minimum atomic E-state index is -0.157. The molecule has 1 aromatic carbocycles. The van der Waals surface area contributed by atoms with Gasteiger partial charge in [-0.15, -0.1) is 21.5 Å². The van der Waals surface area contributed by atoms with Crippen molar-refractivity contribution in [2.75, 3.05) is 0 Å². The van der Waals surface area contributed by atoms with Crippen LogP contribution in [-0.4, -0.2) is 36.0 Å². The van der Waals surface area contributed by atoms with Crippen molar-refractivity contribution >= 4 is 34.4 Å². The average molecular weight is 517 g/mol. The van der Waals surface area contributed by atoms with Gasteiger partial charge in [-0.1, -0.05) is 42.5 Å². The molecule has 182 valence electrons. The van der Waals surface area contributed by atoms with Gasteiger partial charge >= 0.3 is 0 Å². The number of halogens is 1. The lowest BCUT2D eigenvalue weighted by Crippen LogP contribution is -2.07. The summed E-state index contributed by atoms with van der Waals surface area (Å²) in [6, 6.07) is 7.60. The van der Waals surface area contributed by atoms with Gasteiger partial charge in [0.05, 0.1) is 22.3 Å². The summed E-state index contributed by atoms with van der Waals surface area (Å²) >= 11 is 7.78. The number of ketones is 1. The number of aliphatic imine (C=N–C) groups is 1. The third kappa shape index (κ3) is 4.52. The number of nitrogens with zero attached hydrogens (tertiary/aromatic N) is 6. The Morgan fingerprint density at radius 1 is 1.17 bits per heavy atom. The molecular formula is C27H25ClN6OS. The molecule has 7 nitrogen and oxygen atoms in total. The monoisotopic (exact) mass is 516 g/mol. The molecule has 4 heterocycles. The molecule has 0 unspecified atom stereocenters. The number of Topliss-reactive ketones (excluding diaryl/α,β-unsaturated/α-hetero) is 1. The molecule has 0 fully saturated rings. The summed E-state index contributed by atoms with van der Waals surface area (Å²) in [6.07, 6.45) is 4.65. The molecule has 36 heavy (non-hydrogen) atoms.